The van der Waals surface area contributed by atoms with Gasteiger partial charge >= 0.3 is 0 Å². The SMILES string of the molecule is CC(C)(O)c1ccc(Cl)n1S(C)(=O)=O. The summed E-state index contributed by atoms with van der Waals surface area (Å²) in [7, 11) is -3.48. The van der Waals surface area contributed by atoms with Gasteiger partial charge in [-0.2, -0.15) is 0 Å². The van der Waals surface area contributed by atoms with Crippen molar-refractivity contribution in [1.82, 2.24) is 3.97 Å². The van der Waals surface area contributed by atoms with Gasteiger partial charge in [0.05, 0.1) is 11.9 Å². The van der Waals surface area contributed by atoms with Gasteiger partial charge in [0.25, 0.3) is 0 Å². The van der Waals surface area contributed by atoms with E-state index in [0.717, 1.165) is 10.2 Å². The van der Waals surface area contributed by atoms with Gasteiger partial charge < -0.3 is 5.11 Å². The van der Waals surface area contributed by atoms with Crippen LogP contribution >= 0.6 is 11.6 Å². The second-order valence-corrected chi connectivity index (χ2v) is 5.85. The van der Waals surface area contributed by atoms with Crippen LogP contribution in [0.2, 0.25) is 5.15 Å². The van der Waals surface area contributed by atoms with Crippen molar-refractivity contribution in [3.8, 4) is 0 Å². The average Bonchev–Trinajstić information content (AvgIpc) is 2.27. The van der Waals surface area contributed by atoms with Crippen molar-refractivity contribution in [3.63, 3.8) is 0 Å². The molecule has 0 fully saturated rings. The zero-order valence-electron chi connectivity index (χ0n) is 8.15. The average molecular weight is 238 g/mol. The van der Waals surface area contributed by atoms with Gasteiger partial charge in [-0.25, -0.2) is 12.4 Å². The first-order chi connectivity index (χ1) is 6.14. The van der Waals surface area contributed by atoms with Crippen LogP contribution in [0.15, 0.2) is 12.1 Å². The summed E-state index contributed by atoms with van der Waals surface area (Å²) < 4.78 is 23.6. The standard InChI is InChI=1S/C8H12ClNO3S/c1-8(2,11)6-4-5-7(9)10(6)14(3,12)13/h4-5,11H,1-3H3. The lowest BCUT2D eigenvalue weighted by molar-refractivity contribution is 0.0731. The number of halogens is 1. The summed E-state index contributed by atoms with van der Waals surface area (Å²) in [5, 5.41) is 9.78. The van der Waals surface area contributed by atoms with Crippen molar-refractivity contribution >= 4 is 21.6 Å². The Bertz CT molecular complexity index is 442. The molecule has 0 saturated carbocycles. The van der Waals surface area contributed by atoms with Crippen LogP contribution in [0.1, 0.15) is 19.5 Å². The van der Waals surface area contributed by atoms with Gasteiger partial charge in [-0.1, -0.05) is 11.6 Å². The van der Waals surface area contributed by atoms with Crippen LogP contribution in [0, 0.1) is 0 Å². The van der Waals surface area contributed by atoms with E-state index in [4.69, 9.17) is 11.6 Å². The Labute approximate surface area is 88.2 Å². The second kappa shape index (κ2) is 3.25. The van der Waals surface area contributed by atoms with Crippen LogP contribution < -0.4 is 0 Å². The Hall–Kier alpha value is -0.520. The van der Waals surface area contributed by atoms with Crippen LogP contribution in [-0.2, 0) is 15.6 Å². The molecule has 0 spiro atoms. The summed E-state index contributed by atoms with van der Waals surface area (Å²) in [4.78, 5) is 0. The Morgan fingerprint density at radius 2 is 1.93 bits per heavy atom. The van der Waals surface area contributed by atoms with Crippen molar-refractivity contribution in [2.45, 2.75) is 19.4 Å². The monoisotopic (exact) mass is 237 g/mol. The minimum atomic E-state index is -3.48. The smallest absolute Gasteiger partial charge is 0.237 e. The molecular formula is C8H12ClNO3S. The summed E-state index contributed by atoms with van der Waals surface area (Å²) in [5.74, 6) is 0. The fourth-order valence-corrected chi connectivity index (χ4v) is 2.74. The molecule has 80 valence electrons. The van der Waals surface area contributed by atoms with Crippen LogP contribution in [0.5, 0.6) is 0 Å². The summed E-state index contributed by atoms with van der Waals surface area (Å²) in [6.45, 7) is 3.00. The number of nitrogens with zero attached hydrogens (tertiary/aromatic N) is 1. The van der Waals surface area contributed by atoms with Gasteiger partial charge in [0.15, 0.2) is 0 Å². The fraction of sp³-hybridized carbons (Fsp3) is 0.500. The van der Waals surface area contributed by atoms with E-state index in [1.807, 2.05) is 0 Å². The molecule has 14 heavy (non-hydrogen) atoms. The van der Waals surface area contributed by atoms with Crippen molar-refractivity contribution in [3.05, 3.63) is 23.0 Å². The molecule has 0 aromatic carbocycles. The van der Waals surface area contributed by atoms with Crippen LogP contribution in [0.4, 0.5) is 0 Å². The van der Waals surface area contributed by atoms with E-state index < -0.39 is 15.6 Å². The molecule has 1 N–H and O–H groups in total. The Morgan fingerprint density at radius 1 is 1.43 bits per heavy atom. The summed E-state index contributed by atoms with van der Waals surface area (Å²) in [6, 6.07) is 2.93. The van der Waals surface area contributed by atoms with E-state index in [2.05, 4.69) is 0 Å². The van der Waals surface area contributed by atoms with E-state index in [9.17, 15) is 13.5 Å². The molecule has 0 aliphatic carbocycles. The molecule has 0 unspecified atom stereocenters. The maximum absolute atomic E-state index is 11.3. The van der Waals surface area contributed by atoms with Crippen LogP contribution in [-0.4, -0.2) is 23.8 Å². The van der Waals surface area contributed by atoms with Crippen LogP contribution in [0.3, 0.4) is 0 Å². The van der Waals surface area contributed by atoms with Crippen molar-refractivity contribution < 1.29 is 13.5 Å². The van der Waals surface area contributed by atoms with Crippen LogP contribution in [0.25, 0.3) is 0 Å². The molecule has 0 radical (unpaired) electrons. The first-order valence-corrected chi connectivity index (χ1v) is 6.17. The third kappa shape index (κ3) is 2.10. The summed E-state index contributed by atoms with van der Waals surface area (Å²) in [5.41, 5.74) is -0.985. The molecule has 6 heteroatoms. The quantitative estimate of drug-likeness (QED) is 0.840. The first kappa shape index (κ1) is 11.6. The van der Waals surface area contributed by atoms with Crippen molar-refractivity contribution in [1.29, 1.82) is 0 Å². The molecule has 1 rings (SSSR count). The molecule has 1 heterocycles. The lowest BCUT2D eigenvalue weighted by Gasteiger charge is -2.19. The highest BCUT2D eigenvalue weighted by Crippen LogP contribution is 2.26. The molecule has 0 amide bonds. The number of aliphatic hydroxyl groups is 1. The molecule has 0 aliphatic heterocycles. The van der Waals surface area contributed by atoms with E-state index in [1.165, 1.54) is 26.0 Å². The molecular weight excluding hydrogens is 226 g/mol. The maximum atomic E-state index is 11.3. The van der Waals surface area contributed by atoms with E-state index in [0.29, 0.717) is 0 Å². The maximum Gasteiger partial charge on any atom is 0.237 e. The topological polar surface area (TPSA) is 59.3 Å². The van der Waals surface area contributed by atoms with Gasteiger partial charge in [-0.05, 0) is 26.0 Å². The molecule has 1 aromatic heterocycles. The summed E-state index contributed by atoms with van der Waals surface area (Å²) in [6.07, 6.45) is 1.04. The van der Waals surface area contributed by atoms with E-state index in [1.54, 1.807) is 0 Å². The fourth-order valence-electron chi connectivity index (χ4n) is 1.19. The molecule has 0 bridgehead atoms. The zero-order chi connectivity index (χ0) is 11.1. The lowest BCUT2D eigenvalue weighted by Crippen LogP contribution is -2.24. The zero-order valence-corrected chi connectivity index (χ0v) is 9.72. The van der Waals surface area contributed by atoms with E-state index >= 15 is 0 Å². The Balaban J connectivity index is 3.51. The van der Waals surface area contributed by atoms with Gasteiger partial charge in [-0.3, -0.25) is 0 Å². The van der Waals surface area contributed by atoms with Gasteiger partial charge in [0, 0.05) is 0 Å². The lowest BCUT2D eigenvalue weighted by atomic mass is 10.1. The molecule has 1 aromatic rings. The predicted octanol–water partition coefficient (Wildman–Crippen LogP) is 1.18. The predicted molar refractivity (Wildman–Crippen MR) is 54.9 cm³/mol. The molecule has 0 aliphatic rings. The molecule has 4 nitrogen and oxygen atoms in total. The Kier molecular flexibility index (Phi) is 2.69. The third-order valence-electron chi connectivity index (χ3n) is 1.75. The number of rotatable bonds is 2. The van der Waals surface area contributed by atoms with Crippen molar-refractivity contribution in [2.24, 2.45) is 0 Å². The largest absolute Gasteiger partial charge is 0.384 e. The molecule has 0 saturated heterocycles. The number of hydrogen-bond donors (Lipinski definition) is 1. The summed E-state index contributed by atoms with van der Waals surface area (Å²) >= 11 is 5.71. The minimum Gasteiger partial charge on any atom is -0.384 e. The highest BCUT2D eigenvalue weighted by Gasteiger charge is 2.26. The third-order valence-corrected chi connectivity index (χ3v) is 3.20. The number of aromatic nitrogens is 1. The molecule has 0 atom stereocenters. The van der Waals surface area contributed by atoms with Gasteiger partial charge in [-0.15, -0.1) is 0 Å². The highest BCUT2D eigenvalue weighted by atomic mass is 35.5. The minimum absolute atomic E-state index is 0.0737. The highest BCUT2D eigenvalue weighted by molar-refractivity contribution is 7.89. The van der Waals surface area contributed by atoms with E-state index in [-0.39, 0.29) is 10.8 Å². The second-order valence-electron chi connectivity index (χ2n) is 3.63. The normalized spacial score (nSPS) is 13.2. The van der Waals surface area contributed by atoms with Crippen molar-refractivity contribution in [2.75, 3.05) is 6.26 Å². The van der Waals surface area contributed by atoms with Gasteiger partial charge in [0.1, 0.15) is 10.8 Å². The van der Waals surface area contributed by atoms with Gasteiger partial charge in [0.2, 0.25) is 10.0 Å². The number of hydrogen-bond acceptors (Lipinski definition) is 3. The first-order valence-electron chi connectivity index (χ1n) is 3.94. The Morgan fingerprint density at radius 3 is 2.21 bits per heavy atom.